The Hall–Kier alpha value is 0.440. The molecular formula is C8H15BrO. The van der Waals surface area contributed by atoms with Crippen molar-refractivity contribution < 1.29 is 5.11 Å². The molecule has 0 amide bonds. The lowest BCUT2D eigenvalue weighted by Gasteiger charge is -2.02. The summed E-state index contributed by atoms with van der Waals surface area (Å²) in [7, 11) is 0. The number of aliphatic hydroxyl groups excluding tert-OH is 1. The second-order valence-electron chi connectivity index (χ2n) is 3.86. The van der Waals surface area contributed by atoms with Crippen molar-refractivity contribution in [3.8, 4) is 0 Å². The molecule has 2 atom stereocenters. The molecule has 0 spiro atoms. The van der Waals surface area contributed by atoms with Crippen LogP contribution < -0.4 is 0 Å². The Kier molecular flexibility index (Phi) is 1.89. The zero-order valence-corrected chi connectivity index (χ0v) is 8.40. The van der Waals surface area contributed by atoms with E-state index in [1.54, 1.807) is 0 Å². The smallest absolute Gasteiger partial charge is 0.0434 e. The molecule has 2 heteroatoms. The van der Waals surface area contributed by atoms with E-state index in [9.17, 15) is 0 Å². The molecule has 1 aliphatic rings. The van der Waals surface area contributed by atoms with Crippen LogP contribution >= 0.6 is 15.9 Å². The average molecular weight is 207 g/mol. The fourth-order valence-electron chi connectivity index (χ4n) is 1.81. The van der Waals surface area contributed by atoms with Crippen molar-refractivity contribution >= 4 is 15.9 Å². The highest BCUT2D eigenvalue weighted by Gasteiger charge is 2.65. The largest absolute Gasteiger partial charge is 0.396 e. The Balaban J connectivity index is 2.54. The number of rotatable bonds is 2. The molecule has 0 aromatic rings. The van der Waals surface area contributed by atoms with Gasteiger partial charge in [-0.05, 0) is 24.7 Å². The van der Waals surface area contributed by atoms with Crippen molar-refractivity contribution in [3.05, 3.63) is 0 Å². The number of alkyl halides is 1. The van der Waals surface area contributed by atoms with Crippen LogP contribution in [0.25, 0.3) is 0 Å². The van der Waals surface area contributed by atoms with Crippen LogP contribution in [0, 0.1) is 11.3 Å². The van der Waals surface area contributed by atoms with Gasteiger partial charge < -0.3 is 5.11 Å². The van der Waals surface area contributed by atoms with Gasteiger partial charge in [0.15, 0.2) is 0 Å². The van der Waals surface area contributed by atoms with Crippen molar-refractivity contribution in [2.75, 3.05) is 6.61 Å². The van der Waals surface area contributed by atoms with E-state index in [0.29, 0.717) is 17.9 Å². The van der Waals surface area contributed by atoms with E-state index >= 15 is 0 Å². The second kappa shape index (κ2) is 2.21. The molecule has 1 aliphatic carbocycles. The monoisotopic (exact) mass is 206 g/mol. The molecule has 0 aliphatic heterocycles. The maximum atomic E-state index is 8.72. The summed E-state index contributed by atoms with van der Waals surface area (Å²) in [6.45, 7) is 6.99. The summed E-state index contributed by atoms with van der Waals surface area (Å²) in [6.07, 6.45) is 0.925. The quantitative estimate of drug-likeness (QED) is 0.688. The van der Waals surface area contributed by atoms with Gasteiger partial charge in [0.1, 0.15) is 0 Å². The van der Waals surface area contributed by atoms with Gasteiger partial charge in [-0.1, -0.05) is 29.8 Å². The van der Waals surface area contributed by atoms with Crippen LogP contribution in [0.3, 0.4) is 0 Å². The number of aliphatic hydroxyl groups is 1. The first-order valence-electron chi connectivity index (χ1n) is 3.74. The topological polar surface area (TPSA) is 20.2 Å². The Morgan fingerprint density at radius 2 is 1.80 bits per heavy atom. The first kappa shape index (κ1) is 8.54. The number of hydrogen-bond donors (Lipinski definition) is 1. The lowest BCUT2D eigenvalue weighted by Crippen LogP contribution is -1.99. The number of halogens is 1. The summed E-state index contributed by atoms with van der Waals surface area (Å²) in [6, 6.07) is 0. The summed E-state index contributed by atoms with van der Waals surface area (Å²) in [5.74, 6) is 0.644. The van der Waals surface area contributed by atoms with E-state index in [1.807, 2.05) is 0 Å². The molecular weight excluding hydrogens is 192 g/mol. The summed E-state index contributed by atoms with van der Waals surface area (Å²) in [5.41, 5.74) is 0.371. The van der Waals surface area contributed by atoms with E-state index in [0.717, 1.165) is 6.42 Å². The van der Waals surface area contributed by atoms with Gasteiger partial charge in [0.2, 0.25) is 0 Å². The molecule has 1 fully saturated rings. The summed E-state index contributed by atoms with van der Waals surface area (Å²) in [5, 5.41) is 8.72. The van der Waals surface area contributed by atoms with Crippen LogP contribution in [0.15, 0.2) is 0 Å². The van der Waals surface area contributed by atoms with Gasteiger partial charge >= 0.3 is 0 Å². The molecule has 2 unspecified atom stereocenters. The SMILES string of the molecule is CC1(C)C(CCO)C1(C)Br. The van der Waals surface area contributed by atoms with E-state index in [2.05, 4.69) is 36.7 Å². The Bertz CT molecular complexity index is 126. The summed E-state index contributed by atoms with van der Waals surface area (Å²) >= 11 is 3.66. The van der Waals surface area contributed by atoms with Crippen LogP contribution in [-0.4, -0.2) is 16.0 Å². The lowest BCUT2D eigenvalue weighted by molar-refractivity contribution is 0.271. The minimum atomic E-state index is 0.267. The standard InChI is InChI=1S/C8H15BrO/c1-7(2)6(4-5-10)8(7,3)9/h6,10H,4-5H2,1-3H3. The van der Waals surface area contributed by atoms with Gasteiger partial charge in [0.05, 0.1) is 0 Å². The van der Waals surface area contributed by atoms with Crippen LogP contribution in [0.1, 0.15) is 27.2 Å². The van der Waals surface area contributed by atoms with Gasteiger partial charge in [-0.15, -0.1) is 0 Å². The third kappa shape index (κ3) is 0.928. The fourth-order valence-corrected chi connectivity index (χ4v) is 2.77. The van der Waals surface area contributed by atoms with Gasteiger partial charge in [-0.3, -0.25) is 0 Å². The van der Waals surface area contributed by atoms with Crippen LogP contribution in [-0.2, 0) is 0 Å². The average Bonchev–Trinajstić information content (AvgIpc) is 2.13. The Morgan fingerprint density at radius 1 is 1.40 bits per heavy atom. The molecule has 60 valence electrons. The first-order chi connectivity index (χ1) is 4.44. The summed E-state index contributed by atoms with van der Waals surface area (Å²) < 4.78 is 0.267. The van der Waals surface area contributed by atoms with Crippen molar-refractivity contribution in [2.45, 2.75) is 31.5 Å². The van der Waals surface area contributed by atoms with E-state index < -0.39 is 0 Å². The molecule has 0 heterocycles. The zero-order chi connectivity index (χ0) is 7.99. The predicted molar refractivity (Wildman–Crippen MR) is 46.3 cm³/mol. The van der Waals surface area contributed by atoms with Gasteiger partial charge in [0.25, 0.3) is 0 Å². The second-order valence-corrected chi connectivity index (χ2v) is 5.51. The van der Waals surface area contributed by atoms with Crippen LogP contribution in [0.4, 0.5) is 0 Å². The molecule has 10 heavy (non-hydrogen) atoms. The highest BCUT2D eigenvalue weighted by molar-refractivity contribution is 9.10. The minimum Gasteiger partial charge on any atom is -0.396 e. The van der Waals surface area contributed by atoms with Crippen molar-refractivity contribution in [1.29, 1.82) is 0 Å². The normalized spacial score (nSPS) is 43.5. The maximum absolute atomic E-state index is 8.72. The van der Waals surface area contributed by atoms with Crippen molar-refractivity contribution in [1.82, 2.24) is 0 Å². The maximum Gasteiger partial charge on any atom is 0.0434 e. The molecule has 0 radical (unpaired) electrons. The highest BCUT2D eigenvalue weighted by Crippen LogP contribution is 2.68. The molecule has 0 aromatic carbocycles. The molecule has 1 nitrogen and oxygen atoms in total. The Labute approximate surface area is 70.9 Å². The van der Waals surface area contributed by atoms with E-state index in [-0.39, 0.29) is 4.32 Å². The molecule has 0 aromatic heterocycles. The van der Waals surface area contributed by atoms with Crippen molar-refractivity contribution in [2.24, 2.45) is 11.3 Å². The molecule has 0 saturated heterocycles. The molecule has 1 N–H and O–H groups in total. The summed E-state index contributed by atoms with van der Waals surface area (Å²) in [4.78, 5) is 0. The fraction of sp³-hybridized carbons (Fsp3) is 1.00. The van der Waals surface area contributed by atoms with E-state index in [4.69, 9.17) is 5.11 Å². The minimum absolute atomic E-state index is 0.267. The van der Waals surface area contributed by atoms with Gasteiger partial charge in [-0.25, -0.2) is 0 Å². The lowest BCUT2D eigenvalue weighted by atomic mass is 10.1. The van der Waals surface area contributed by atoms with Crippen LogP contribution in [0.2, 0.25) is 0 Å². The third-order valence-corrected chi connectivity index (χ3v) is 4.69. The third-order valence-electron chi connectivity index (χ3n) is 3.12. The molecule has 1 rings (SSSR count). The first-order valence-corrected chi connectivity index (χ1v) is 4.53. The van der Waals surface area contributed by atoms with Gasteiger partial charge in [0, 0.05) is 10.9 Å². The highest BCUT2D eigenvalue weighted by atomic mass is 79.9. The molecule has 0 bridgehead atoms. The van der Waals surface area contributed by atoms with Crippen molar-refractivity contribution in [3.63, 3.8) is 0 Å². The van der Waals surface area contributed by atoms with E-state index in [1.165, 1.54) is 0 Å². The van der Waals surface area contributed by atoms with Crippen LogP contribution in [0.5, 0.6) is 0 Å². The number of hydrogen-bond acceptors (Lipinski definition) is 1. The molecule has 1 saturated carbocycles. The van der Waals surface area contributed by atoms with Gasteiger partial charge in [-0.2, -0.15) is 0 Å². The zero-order valence-electron chi connectivity index (χ0n) is 6.82. The predicted octanol–water partition coefficient (Wildman–Crippen LogP) is 2.18. The Morgan fingerprint density at radius 3 is 1.90 bits per heavy atom.